The Morgan fingerprint density at radius 3 is 2.57 bits per heavy atom. The SMILES string of the molecule is COC(=O)C[C@H](CC1CCN(C(=O)OC(C)(C)C)CC1)[C@@H]1CNc2ccccc2C1. The maximum atomic E-state index is 12.3. The van der Waals surface area contributed by atoms with Gasteiger partial charge in [-0.25, -0.2) is 4.79 Å². The van der Waals surface area contributed by atoms with Crippen molar-refractivity contribution in [3.8, 4) is 0 Å². The first-order valence-electron chi connectivity index (χ1n) is 11.1. The summed E-state index contributed by atoms with van der Waals surface area (Å²) < 4.78 is 10.5. The molecule has 30 heavy (non-hydrogen) atoms. The third kappa shape index (κ3) is 6.13. The summed E-state index contributed by atoms with van der Waals surface area (Å²) in [6.45, 7) is 8.00. The third-order valence-electron chi connectivity index (χ3n) is 6.28. The Hall–Kier alpha value is -2.24. The number of methoxy groups -OCH3 is 1. The fourth-order valence-corrected chi connectivity index (χ4v) is 4.65. The van der Waals surface area contributed by atoms with Crippen molar-refractivity contribution in [2.75, 3.05) is 32.1 Å². The first-order valence-corrected chi connectivity index (χ1v) is 11.1. The van der Waals surface area contributed by atoms with Crippen molar-refractivity contribution in [2.24, 2.45) is 17.8 Å². The molecule has 1 amide bonds. The van der Waals surface area contributed by atoms with E-state index >= 15 is 0 Å². The van der Waals surface area contributed by atoms with Crippen LogP contribution in [0.3, 0.4) is 0 Å². The topological polar surface area (TPSA) is 67.9 Å². The van der Waals surface area contributed by atoms with Crippen LogP contribution in [0.2, 0.25) is 0 Å². The number of hydrogen-bond donors (Lipinski definition) is 1. The van der Waals surface area contributed by atoms with Crippen molar-refractivity contribution in [2.45, 2.75) is 58.5 Å². The molecule has 2 aliphatic heterocycles. The highest BCUT2D eigenvalue weighted by molar-refractivity contribution is 5.69. The number of carbonyl (C=O) groups is 2. The number of benzene rings is 1. The molecule has 0 bridgehead atoms. The molecule has 1 saturated heterocycles. The summed E-state index contributed by atoms with van der Waals surface area (Å²) >= 11 is 0. The maximum Gasteiger partial charge on any atom is 0.410 e. The van der Waals surface area contributed by atoms with Gasteiger partial charge >= 0.3 is 12.1 Å². The second kappa shape index (κ2) is 9.71. The van der Waals surface area contributed by atoms with E-state index in [-0.39, 0.29) is 18.0 Å². The van der Waals surface area contributed by atoms with E-state index in [0.29, 0.717) is 18.3 Å². The van der Waals surface area contributed by atoms with Gasteiger partial charge in [-0.15, -0.1) is 0 Å². The largest absolute Gasteiger partial charge is 0.469 e. The van der Waals surface area contributed by atoms with Crippen molar-refractivity contribution in [3.05, 3.63) is 29.8 Å². The van der Waals surface area contributed by atoms with E-state index in [9.17, 15) is 9.59 Å². The average Bonchev–Trinajstić information content (AvgIpc) is 2.72. The minimum atomic E-state index is -0.468. The molecule has 166 valence electrons. The number of esters is 1. The van der Waals surface area contributed by atoms with Gasteiger partial charge in [0, 0.05) is 31.7 Å². The second-order valence-corrected chi connectivity index (χ2v) is 9.69. The first-order chi connectivity index (χ1) is 14.2. The van der Waals surface area contributed by atoms with Gasteiger partial charge in [-0.2, -0.15) is 0 Å². The van der Waals surface area contributed by atoms with E-state index in [2.05, 4.69) is 29.6 Å². The number of likely N-dealkylation sites (tertiary alicyclic amines) is 1. The van der Waals surface area contributed by atoms with Crippen LogP contribution in [0.15, 0.2) is 24.3 Å². The quantitative estimate of drug-likeness (QED) is 0.717. The first kappa shape index (κ1) is 22.4. The van der Waals surface area contributed by atoms with Gasteiger partial charge in [0.15, 0.2) is 0 Å². The number of nitrogens with zero attached hydrogens (tertiary/aromatic N) is 1. The number of carbonyl (C=O) groups excluding carboxylic acids is 2. The number of amides is 1. The molecule has 0 unspecified atom stereocenters. The molecule has 2 atom stereocenters. The Morgan fingerprint density at radius 2 is 1.90 bits per heavy atom. The van der Waals surface area contributed by atoms with E-state index in [1.807, 2.05) is 25.7 Å². The van der Waals surface area contributed by atoms with E-state index in [0.717, 1.165) is 45.3 Å². The van der Waals surface area contributed by atoms with Gasteiger partial charge in [-0.3, -0.25) is 4.79 Å². The monoisotopic (exact) mass is 416 g/mol. The van der Waals surface area contributed by atoms with Crippen LogP contribution in [-0.4, -0.2) is 49.3 Å². The maximum absolute atomic E-state index is 12.3. The van der Waals surface area contributed by atoms with Crippen LogP contribution < -0.4 is 5.32 Å². The number of rotatable bonds is 5. The molecule has 0 aromatic heterocycles. The van der Waals surface area contributed by atoms with Crippen LogP contribution >= 0.6 is 0 Å². The fourth-order valence-electron chi connectivity index (χ4n) is 4.65. The number of hydrogen-bond acceptors (Lipinski definition) is 5. The number of piperidine rings is 1. The molecule has 1 aromatic carbocycles. The van der Waals surface area contributed by atoms with Crippen LogP contribution in [0.1, 0.15) is 52.0 Å². The molecule has 6 heteroatoms. The Morgan fingerprint density at radius 1 is 1.20 bits per heavy atom. The highest BCUT2D eigenvalue weighted by Gasteiger charge is 2.33. The zero-order chi connectivity index (χ0) is 21.7. The number of ether oxygens (including phenoxy) is 2. The lowest BCUT2D eigenvalue weighted by atomic mass is 9.75. The van der Waals surface area contributed by atoms with Crippen LogP contribution in [0.4, 0.5) is 10.5 Å². The molecule has 0 aliphatic carbocycles. The van der Waals surface area contributed by atoms with Gasteiger partial charge in [-0.1, -0.05) is 18.2 Å². The summed E-state index contributed by atoms with van der Waals surface area (Å²) in [6.07, 6.45) is 4.12. The summed E-state index contributed by atoms with van der Waals surface area (Å²) in [6, 6.07) is 8.41. The van der Waals surface area contributed by atoms with Crippen molar-refractivity contribution >= 4 is 17.7 Å². The molecule has 2 aliphatic rings. The normalized spacial score (nSPS) is 20.7. The summed E-state index contributed by atoms with van der Waals surface area (Å²) in [7, 11) is 1.47. The third-order valence-corrected chi connectivity index (χ3v) is 6.28. The number of fused-ring (bicyclic) bond motifs is 1. The molecule has 0 spiro atoms. The Labute approximate surface area is 180 Å². The van der Waals surface area contributed by atoms with Crippen LogP contribution in [0.25, 0.3) is 0 Å². The van der Waals surface area contributed by atoms with E-state index in [4.69, 9.17) is 9.47 Å². The molecule has 0 saturated carbocycles. The standard InChI is InChI=1S/C24H36N2O4/c1-24(2,3)30-23(28)26-11-9-17(10-12-26)13-19(15-22(27)29-4)20-14-18-7-5-6-8-21(18)25-16-20/h5-8,17,19-20,25H,9-16H2,1-4H3/t19-,20-/m0/s1. The van der Waals surface area contributed by atoms with Crippen LogP contribution in [0, 0.1) is 17.8 Å². The summed E-state index contributed by atoms with van der Waals surface area (Å²) in [5.74, 6) is 1.06. The Balaban J connectivity index is 1.58. The minimum Gasteiger partial charge on any atom is -0.469 e. The molecule has 0 radical (unpaired) electrons. The van der Waals surface area contributed by atoms with E-state index in [1.165, 1.54) is 18.4 Å². The highest BCUT2D eigenvalue weighted by Crippen LogP contribution is 2.36. The van der Waals surface area contributed by atoms with E-state index < -0.39 is 5.60 Å². The lowest BCUT2D eigenvalue weighted by Gasteiger charge is -2.37. The van der Waals surface area contributed by atoms with Crippen LogP contribution in [-0.2, 0) is 20.7 Å². The summed E-state index contributed by atoms with van der Waals surface area (Å²) in [5.41, 5.74) is 2.06. The minimum absolute atomic E-state index is 0.134. The fraction of sp³-hybridized carbons (Fsp3) is 0.667. The molecular weight excluding hydrogens is 380 g/mol. The van der Waals surface area contributed by atoms with Gasteiger partial charge in [0.2, 0.25) is 0 Å². The predicted molar refractivity (Wildman–Crippen MR) is 117 cm³/mol. The zero-order valence-electron chi connectivity index (χ0n) is 18.8. The second-order valence-electron chi connectivity index (χ2n) is 9.69. The van der Waals surface area contributed by atoms with Crippen LogP contribution in [0.5, 0.6) is 0 Å². The predicted octanol–water partition coefficient (Wildman–Crippen LogP) is 4.49. The molecule has 2 heterocycles. The Kier molecular flexibility index (Phi) is 7.27. The lowest BCUT2D eigenvalue weighted by molar-refractivity contribution is -0.142. The Bertz CT molecular complexity index is 735. The van der Waals surface area contributed by atoms with Gasteiger partial charge < -0.3 is 19.7 Å². The molecule has 1 fully saturated rings. The number of nitrogens with one attached hydrogen (secondary N) is 1. The van der Waals surface area contributed by atoms with Gasteiger partial charge in [-0.05, 0) is 75.8 Å². The lowest BCUT2D eigenvalue weighted by Crippen LogP contribution is -2.42. The summed E-state index contributed by atoms with van der Waals surface area (Å²) in [4.78, 5) is 26.3. The molecular formula is C24H36N2O4. The zero-order valence-corrected chi connectivity index (χ0v) is 18.8. The molecule has 6 nitrogen and oxygen atoms in total. The number of anilines is 1. The number of para-hydroxylation sites is 1. The van der Waals surface area contributed by atoms with Crippen molar-refractivity contribution < 1.29 is 19.1 Å². The van der Waals surface area contributed by atoms with Gasteiger partial charge in [0.25, 0.3) is 0 Å². The summed E-state index contributed by atoms with van der Waals surface area (Å²) in [5, 5.41) is 3.54. The smallest absolute Gasteiger partial charge is 0.410 e. The van der Waals surface area contributed by atoms with Gasteiger partial charge in [0.05, 0.1) is 7.11 Å². The molecule has 3 rings (SSSR count). The van der Waals surface area contributed by atoms with Crippen molar-refractivity contribution in [1.29, 1.82) is 0 Å². The molecule has 1 aromatic rings. The molecule has 1 N–H and O–H groups in total. The highest BCUT2D eigenvalue weighted by atomic mass is 16.6. The van der Waals surface area contributed by atoms with Crippen molar-refractivity contribution in [3.63, 3.8) is 0 Å². The van der Waals surface area contributed by atoms with Crippen molar-refractivity contribution in [1.82, 2.24) is 4.90 Å². The van der Waals surface area contributed by atoms with E-state index in [1.54, 1.807) is 0 Å². The average molecular weight is 417 g/mol. The van der Waals surface area contributed by atoms with Gasteiger partial charge in [0.1, 0.15) is 5.60 Å².